The first-order valence-corrected chi connectivity index (χ1v) is 10.9. The lowest BCUT2D eigenvalue weighted by atomic mass is 9.95. The maximum Gasteiger partial charge on any atom is 0.227 e. The molecule has 1 aromatic rings. The molecule has 0 bridgehead atoms. The Balaban J connectivity index is 1.44. The number of sulfone groups is 1. The van der Waals surface area contributed by atoms with Crippen LogP contribution in [0, 0.1) is 5.92 Å². The van der Waals surface area contributed by atoms with Crippen molar-refractivity contribution in [3.8, 4) is 0 Å². The van der Waals surface area contributed by atoms with Crippen LogP contribution in [-0.2, 0) is 25.8 Å². The zero-order valence-electron chi connectivity index (χ0n) is 13.4. The summed E-state index contributed by atoms with van der Waals surface area (Å²) in [7, 11) is -2.98. The predicted octanol–water partition coefficient (Wildman–Crippen LogP) is 0.832. The standard InChI is InChI=1S/C16H22N2O4S2/c19-15(10-14-2-1-8-23-14)18-6-3-12(4-7-18)16(20)17-13-5-9-24(21,22)11-13/h1-2,8,12-13H,3-7,9-11H2,(H,17,20). The second kappa shape index (κ2) is 7.23. The average Bonchev–Trinajstić information content (AvgIpc) is 3.17. The molecule has 0 radical (unpaired) electrons. The number of thiophene rings is 1. The Kier molecular flexibility index (Phi) is 5.24. The number of nitrogens with zero attached hydrogens (tertiary/aromatic N) is 1. The van der Waals surface area contributed by atoms with Gasteiger partial charge in [0.1, 0.15) is 0 Å². The van der Waals surface area contributed by atoms with Crippen LogP contribution in [0.1, 0.15) is 24.1 Å². The number of carbonyl (C=O) groups excluding carboxylic acids is 2. The van der Waals surface area contributed by atoms with Crippen molar-refractivity contribution in [1.82, 2.24) is 10.2 Å². The number of amides is 2. The van der Waals surface area contributed by atoms with Gasteiger partial charge in [0.15, 0.2) is 9.84 Å². The van der Waals surface area contributed by atoms with Crippen molar-refractivity contribution in [2.45, 2.75) is 31.7 Å². The maximum absolute atomic E-state index is 12.3. The second-order valence-electron chi connectivity index (χ2n) is 6.52. The Morgan fingerprint density at radius 2 is 2.00 bits per heavy atom. The Morgan fingerprint density at radius 3 is 2.58 bits per heavy atom. The molecular formula is C16H22N2O4S2. The van der Waals surface area contributed by atoms with Crippen molar-refractivity contribution < 1.29 is 18.0 Å². The summed E-state index contributed by atoms with van der Waals surface area (Å²) in [6.07, 6.45) is 2.21. The molecule has 2 aliphatic heterocycles. The normalized spacial score (nSPS) is 24.0. The first kappa shape index (κ1) is 17.4. The lowest BCUT2D eigenvalue weighted by Gasteiger charge is -2.31. The minimum atomic E-state index is -2.98. The number of hydrogen-bond donors (Lipinski definition) is 1. The summed E-state index contributed by atoms with van der Waals surface area (Å²) in [5.74, 6) is 0.129. The minimum absolute atomic E-state index is 0.0525. The molecule has 2 aliphatic rings. The van der Waals surface area contributed by atoms with Crippen molar-refractivity contribution in [1.29, 1.82) is 0 Å². The van der Waals surface area contributed by atoms with Gasteiger partial charge in [-0.25, -0.2) is 8.42 Å². The Labute approximate surface area is 146 Å². The summed E-state index contributed by atoms with van der Waals surface area (Å²) in [6.45, 7) is 1.18. The van der Waals surface area contributed by atoms with E-state index < -0.39 is 9.84 Å². The van der Waals surface area contributed by atoms with Gasteiger partial charge in [-0.05, 0) is 30.7 Å². The summed E-state index contributed by atoms with van der Waals surface area (Å²) < 4.78 is 22.9. The third-order valence-electron chi connectivity index (χ3n) is 4.70. The van der Waals surface area contributed by atoms with Crippen molar-refractivity contribution in [3.63, 3.8) is 0 Å². The van der Waals surface area contributed by atoms with Gasteiger partial charge in [-0.15, -0.1) is 11.3 Å². The van der Waals surface area contributed by atoms with Gasteiger partial charge in [-0.1, -0.05) is 6.07 Å². The van der Waals surface area contributed by atoms with Crippen LogP contribution in [0.25, 0.3) is 0 Å². The van der Waals surface area contributed by atoms with E-state index in [1.807, 2.05) is 22.4 Å². The van der Waals surface area contributed by atoms with E-state index in [1.54, 1.807) is 11.3 Å². The molecule has 132 valence electrons. The molecule has 1 atom stereocenters. The largest absolute Gasteiger partial charge is 0.352 e. The van der Waals surface area contributed by atoms with Crippen LogP contribution < -0.4 is 5.32 Å². The fraction of sp³-hybridized carbons (Fsp3) is 0.625. The highest BCUT2D eigenvalue weighted by Gasteiger charge is 2.32. The third kappa shape index (κ3) is 4.36. The zero-order valence-corrected chi connectivity index (χ0v) is 15.1. The van der Waals surface area contributed by atoms with Crippen LogP contribution in [0.5, 0.6) is 0 Å². The summed E-state index contributed by atoms with van der Waals surface area (Å²) in [4.78, 5) is 27.4. The van der Waals surface area contributed by atoms with Crippen LogP contribution in [-0.4, -0.2) is 55.8 Å². The van der Waals surface area contributed by atoms with E-state index in [-0.39, 0.29) is 35.3 Å². The summed E-state index contributed by atoms with van der Waals surface area (Å²) >= 11 is 1.58. The number of piperidine rings is 1. The lowest BCUT2D eigenvalue weighted by molar-refractivity contribution is -0.135. The first-order valence-electron chi connectivity index (χ1n) is 8.24. The number of nitrogens with one attached hydrogen (secondary N) is 1. The molecule has 3 heterocycles. The highest BCUT2D eigenvalue weighted by atomic mass is 32.2. The Hall–Kier alpha value is -1.41. The van der Waals surface area contributed by atoms with Crippen molar-refractivity contribution in [2.24, 2.45) is 5.92 Å². The quantitative estimate of drug-likeness (QED) is 0.851. The molecule has 1 N–H and O–H groups in total. The number of carbonyl (C=O) groups is 2. The van der Waals surface area contributed by atoms with Crippen molar-refractivity contribution in [3.05, 3.63) is 22.4 Å². The predicted molar refractivity (Wildman–Crippen MR) is 92.5 cm³/mol. The zero-order chi connectivity index (χ0) is 17.2. The third-order valence-corrected chi connectivity index (χ3v) is 7.35. The molecule has 2 fully saturated rings. The number of likely N-dealkylation sites (tertiary alicyclic amines) is 1. The van der Waals surface area contributed by atoms with Gasteiger partial charge in [-0.3, -0.25) is 9.59 Å². The highest BCUT2D eigenvalue weighted by Crippen LogP contribution is 2.20. The molecule has 0 saturated carbocycles. The van der Waals surface area contributed by atoms with Crippen molar-refractivity contribution >= 4 is 33.0 Å². The van der Waals surface area contributed by atoms with E-state index in [9.17, 15) is 18.0 Å². The Bertz CT molecular complexity index is 692. The maximum atomic E-state index is 12.3. The van der Waals surface area contributed by atoms with Crippen LogP contribution in [0.3, 0.4) is 0 Å². The van der Waals surface area contributed by atoms with E-state index in [0.29, 0.717) is 38.8 Å². The van der Waals surface area contributed by atoms with Gasteiger partial charge in [0.05, 0.1) is 17.9 Å². The minimum Gasteiger partial charge on any atom is -0.352 e. The first-order chi connectivity index (χ1) is 11.4. The van der Waals surface area contributed by atoms with Gasteiger partial charge >= 0.3 is 0 Å². The van der Waals surface area contributed by atoms with Gasteiger partial charge in [0.25, 0.3) is 0 Å². The summed E-state index contributed by atoms with van der Waals surface area (Å²) in [6, 6.07) is 3.65. The van der Waals surface area contributed by atoms with E-state index in [1.165, 1.54) is 0 Å². The Morgan fingerprint density at radius 1 is 1.25 bits per heavy atom. The van der Waals surface area contributed by atoms with E-state index in [0.717, 1.165) is 4.88 Å². The second-order valence-corrected chi connectivity index (χ2v) is 9.78. The van der Waals surface area contributed by atoms with E-state index in [2.05, 4.69) is 5.32 Å². The fourth-order valence-electron chi connectivity index (χ4n) is 3.29. The summed E-state index contributed by atoms with van der Waals surface area (Å²) in [5, 5.41) is 4.83. The van der Waals surface area contributed by atoms with Gasteiger partial charge < -0.3 is 10.2 Å². The number of hydrogen-bond acceptors (Lipinski definition) is 5. The SMILES string of the molecule is O=C(NC1CCS(=O)(=O)C1)C1CCN(C(=O)Cc2cccs2)CC1. The summed E-state index contributed by atoms with van der Waals surface area (Å²) in [5.41, 5.74) is 0. The molecular weight excluding hydrogens is 348 g/mol. The van der Waals surface area contributed by atoms with E-state index in [4.69, 9.17) is 0 Å². The topological polar surface area (TPSA) is 83.6 Å². The molecule has 1 unspecified atom stereocenters. The van der Waals surface area contributed by atoms with Crippen LogP contribution in [0.4, 0.5) is 0 Å². The van der Waals surface area contributed by atoms with Gasteiger partial charge in [0, 0.05) is 29.9 Å². The fourth-order valence-corrected chi connectivity index (χ4v) is 5.66. The van der Waals surface area contributed by atoms with Gasteiger partial charge in [0.2, 0.25) is 11.8 Å². The molecule has 2 amide bonds. The molecule has 24 heavy (non-hydrogen) atoms. The van der Waals surface area contributed by atoms with Crippen LogP contribution in [0.2, 0.25) is 0 Å². The molecule has 1 aromatic heterocycles. The van der Waals surface area contributed by atoms with Crippen LogP contribution >= 0.6 is 11.3 Å². The van der Waals surface area contributed by atoms with Gasteiger partial charge in [-0.2, -0.15) is 0 Å². The monoisotopic (exact) mass is 370 g/mol. The van der Waals surface area contributed by atoms with E-state index >= 15 is 0 Å². The molecule has 0 aliphatic carbocycles. The molecule has 0 aromatic carbocycles. The lowest BCUT2D eigenvalue weighted by Crippen LogP contribution is -2.46. The number of rotatable bonds is 4. The molecule has 0 spiro atoms. The molecule has 8 heteroatoms. The highest BCUT2D eigenvalue weighted by molar-refractivity contribution is 7.91. The molecule has 6 nitrogen and oxygen atoms in total. The smallest absolute Gasteiger partial charge is 0.227 e. The van der Waals surface area contributed by atoms with Crippen molar-refractivity contribution in [2.75, 3.05) is 24.6 Å². The average molecular weight is 370 g/mol. The molecule has 2 saturated heterocycles. The molecule has 3 rings (SSSR count). The van der Waals surface area contributed by atoms with Crippen LogP contribution in [0.15, 0.2) is 17.5 Å².